The predicted molar refractivity (Wildman–Crippen MR) is 68.4 cm³/mol. The molecule has 0 aromatic carbocycles. The van der Waals surface area contributed by atoms with E-state index in [-0.39, 0.29) is 19.0 Å². The van der Waals surface area contributed by atoms with E-state index in [9.17, 15) is 9.59 Å². The highest BCUT2D eigenvalue weighted by Gasteiger charge is 2.18. The van der Waals surface area contributed by atoms with Gasteiger partial charge in [0.25, 0.3) is 0 Å². The number of amides is 2. The molecule has 2 N–H and O–H groups in total. The third-order valence-corrected chi connectivity index (χ3v) is 4.17. The summed E-state index contributed by atoms with van der Waals surface area (Å²) in [6.07, 6.45) is 2.38. The van der Waals surface area contributed by atoms with Crippen molar-refractivity contribution < 1.29 is 14.7 Å². The van der Waals surface area contributed by atoms with Gasteiger partial charge in [-0.25, -0.2) is 4.79 Å². The molecule has 98 valence electrons. The van der Waals surface area contributed by atoms with Gasteiger partial charge < -0.3 is 15.3 Å². The van der Waals surface area contributed by atoms with Crippen molar-refractivity contribution in [3.05, 3.63) is 0 Å². The number of aliphatic carboxylic acids is 1. The van der Waals surface area contributed by atoms with Crippen LogP contribution in [0.3, 0.4) is 0 Å². The number of carbonyl (C=O) groups is 2. The number of nitrogens with zero attached hydrogens (tertiary/aromatic N) is 1. The molecule has 1 rings (SSSR count). The topological polar surface area (TPSA) is 69.6 Å². The fourth-order valence-corrected chi connectivity index (χ4v) is 2.95. The van der Waals surface area contributed by atoms with Gasteiger partial charge in [0.2, 0.25) is 0 Å². The molecular formula is C11H20N2O3S. The van der Waals surface area contributed by atoms with E-state index < -0.39 is 5.97 Å². The van der Waals surface area contributed by atoms with Crippen LogP contribution in [0.1, 0.15) is 26.2 Å². The van der Waals surface area contributed by atoms with Crippen molar-refractivity contribution in [2.75, 3.05) is 25.4 Å². The van der Waals surface area contributed by atoms with Gasteiger partial charge in [0.05, 0.1) is 6.42 Å². The monoisotopic (exact) mass is 260 g/mol. The van der Waals surface area contributed by atoms with Gasteiger partial charge in [0.15, 0.2) is 0 Å². The molecule has 5 nitrogen and oxygen atoms in total. The first kappa shape index (κ1) is 14.2. The number of carboxylic acids is 1. The van der Waals surface area contributed by atoms with Crippen molar-refractivity contribution in [2.24, 2.45) is 0 Å². The maximum Gasteiger partial charge on any atom is 0.317 e. The van der Waals surface area contributed by atoms with Crippen LogP contribution in [0.2, 0.25) is 0 Å². The van der Waals surface area contributed by atoms with Gasteiger partial charge in [-0.1, -0.05) is 0 Å². The van der Waals surface area contributed by atoms with E-state index in [0.29, 0.717) is 18.3 Å². The zero-order valence-corrected chi connectivity index (χ0v) is 11.0. The van der Waals surface area contributed by atoms with E-state index in [1.165, 1.54) is 17.1 Å². The summed E-state index contributed by atoms with van der Waals surface area (Å²) >= 11 is 1.89. The smallest absolute Gasteiger partial charge is 0.317 e. The number of urea groups is 1. The van der Waals surface area contributed by atoms with Crippen LogP contribution in [0.15, 0.2) is 0 Å². The summed E-state index contributed by atoms with van der Waals surface area (Å²) in [5.74, 6) is 0.305. The van der Waals surface area contributed by atoms with E-state index >= 15 is 0 Å². The quantitative estimate of drug-likeness (QED) is 0.757. The first-order chi connectivity index (χ1) is 8.13. The molecule has 0 aromatic heterocycles. The molecule has 1 fully saturated rings. The summed E-state index contributed by atoms with van der Waals surface area (Å²) in [6, 6.07) is -0.152. The van der Waals surface area contributed by atoms with Crippen LogP contribution in [-0.4, -0.2) is 52.6 Å². The number of nitrogens with one attached hydrogen (secondary N) is 1. The van der Waals surface area contributed by atoms with Gasteiger partial charge in [-0.2, -0.15) is 11.8 Å². The molecule has 6 heteroatoms. The first-order valence-corrected chi connectivity index (χ1v) is 7.04. The van der Waals surface area contributed by atoms with Gasteiger partial charge in [0.1, 0.15) is 0 Å². The lowest BCUT2D eigenvalue weighted by atomic mass is 10.2. The van der Waals surface area contributed by atoms with E-state index in [1.807, 2.05) is 18.7 Å². The van der Waals surface area contributed by atoms with Crippen LogP contribution in [0.5, 0.6) is 0 Å². The van der Waals surface area contributed by atoms with Crippen LogP contribution < -0.4 is 5.32 Å². The SMILES string of the molecule is CCN(CCC(=O)O)C(=O)NCC1CCCS1. The number of carbonyl (C=O) groups excluding carboxylic acids is 1. The Morgan fingerprint density at radius 3 is 2.82 bits per heavy atom. The molecule has 1 aliphatic rings. The van der Waals surface area contributed by atoms with E-state index in [4.69, 9.17) is 5.11 Å². The van der Waals surface area contributed by atoms with Crippen LogP contribution in [0.25, 0.3) is 0 Å². The third-order valence-electron chi connectivity index (χ3n) is 2.77. The Balaban J connectivity index is 2.24. The second-order valence-electron chi connectivity index (χ2n) is 4.04. The van der Waals surface area contributed by atoms with Crippen molar-refractivity contribution in [2.45, 2.75) is 31.4 Å². The molecule has 1 aliphatic heterocycles. The van der Waals surface area contributed by atoms with Crippen LogP contribution >= 0.6 is 11.8 Å². The van der Waals surface area contributed by atoms with Crippen molar-refractivity contribution in [1.82, 2.24) is 10.2 Å². The lowest BCUT2D eigenvalue weighted by Crippen LogP contribution is -2.42. The lowest BCUT2D eigenvalue weighted by Gasteiger charge is -2.21. The Labute approximate surface area is 106 Å². The Morgan fingerprint density at radius 2 is 2.29 bits per heavy atom. The van der Waals surface area contributed by atoms with Crippen molar-refractivity contribution >= 4 is 23.8 Å². The highest BCUT2D eigenvalue weighted by molar-refractivity contribution is 8.00. The van der Waals surface area contributed by atoms with Gasteiger partial charge >= 0.3 is 12.0 Å². The van der Waals surface area contributed by atoms with E-state index in [2.05, 4.69) is 5.32 Å². The number of thioether (sulfide) groups is 1. The molecule has 1 unspecified atom stereocenters. The van der Waals surface area contributed by atoms with Crippen molar-refractivity contribution in [3.63, 3.8) is 0 Å². The second-order valence-corrected chi connectivity index (χ2v) is 5.45. The molecule has 1 saturated heterocycles. The normalized spacial score (nSPS) is 19.0. The minimum Gasteiger partial charge on any atom is -0.481 e. The Bertz CT molecular complexity index is 267. The van der Waals surface area contributed by atoms with Crippen LogP contribution in [0.4, 0.5) is 4.79 Å². The number of carboxylic acid groups (broad SMARTS) is 1. The first-order valence-electron chi connectivity index (χ1n) is 5.99. The van der Waals surface area contributed by atoms with Gasteiger partial charge in [-0.15, -0.1) is 0 Å². The Hall–Kier alpha value is -0.910. The summed E-state index contributed by atoms with van der Waals surface area (Å²) < 4.78 is 0. The van der Waals surface area contributed by atoms with Gasteiger partial charge in [-0.3, -0.25) is 4.79 Å². The maximum atomic E-state index is 11.8. The third kappa shape index (κ3) is 5.30. The largest absolute Gasteiger partial charge is 0.481 e. The average molecular weight is 260 g/mol. The fourth-order valence-electron chi connectivity index (χ4n) is 1.75. The number of hydrogen-bond acceptors (Lipinski definition) is 3. The van der Waals surface area contributed by atoms with Crippen LogP contribution in [0, 0.1) is 0 Å². The number of hydrogen-bond donors (Lipinski definition) is 2. The molecule has 0 spiro atoms. The standard InChI is InChI=1S/C11H20N2O3S/c1-2-13(6-5-10(14)15)11(16)12-8-9-4-3-7-17-9/h9H,2-8H2,1H3,(H,12,16)(H,14,15). The van der Waals surface area contributed by atoms with Crippen molar-refractivity contribution in [1.29, 1.82) is 0 Å². The molecule has 0 bridgehead atoms. The molecule has 1 atom stereocenters. The Morgan fingerprint density at radius 1 is 1.53 bits per heavy atom. The zero-order valence-electron chi connectivity index (χ0n) is 10.1. The minimum absolute atomic E-state index is 0.000557. The van der Waals surface area contributed by atoms with Gasteiger partial charge in [-0.05, 0) is 25.5 Å². The minimum atomic E-state index is -0.873. The molecule has 0 aliphatic carbocycles. The number of rotatable bonds is 6. The average Bonchev–Trinajstić information content (AvgIpc) is 2.79. The Kier molecular flexibility index (Phi) is 6.18. The molecule has 0 aromatic rings. The highest BCUT2D eigenvalue weighted by atomic mass is 32.2. The summed E-state index contributed by atoms with van der Waals surface area (Å²) in [5.41, 5.74) is 0. The molecule has 0 radical (unpaired) electrons. The van der Waals surface area contributed by atoms with E-state index in [0.717, 1.165) is 6.42 Å². The van der Waals surface area contributed by atoms with E-state index in [1.54, 1.807) is 0 Å². The predicted octanol–water partition coefficient (Wildman–Crippen LogP) is 1.39. The highest BCUT2D eigenvalue weighted by Crippen LogP contribution is 2.25. The second kappa shape index (κ2) is 7.42. The molecule has 2 amide bonds. The zero-order chi connectivity index (χ0) is 12.7. The van der Waals surface area contributed by atoms with Crippen LogP contribution in [-0.2, 0) is 4.79 Å². The lowest BCUT2D eigenvalue weighted by molar-refractivity contribution is -0.137. The summed E-state index contributed by atoms with van der Waals surface area (Å²) in [6.45, 7) is 3.35. The molecular weight excluding hydrogens is 240 g/mol. The van der Waals surface area contributed by atoms with Gasteiger partial charge in [0, 0.05) is 24.9 Å². The summed E-state index contributed by atoms with van der Waals surface area (Å²) in [5, 5.41) is 12.0. The molecule has 17 heavy (non-hydrogen) atoms. The fraction of sp³-hybridized carbons (Fsp3) is 0.818. The summed E-state index contributed by atoms with van der Waals surface area (Å²) in [7, 11) is 0. The molecule has 0 saturated carbocycles. The maximum absolute atomic E-state index is 11.8. The molecule has 1 heterocycles. The summed E-state index contributed by atoms with van der Waals surface area (Å²) in [4.78, 5) is 23.7. The van der Waals surface area contributed by atoms with Crippen molar-refractivity contribution in [3.8, 4) is 0 Å².